The highest BCUT2D eigenvalue weighted by Gasteiger charge is 2.34. The fourth-order valence-electron chi connectivity index (χ4n) is 3.94. The van der Waals surface area contributed by atoms with E-state index >= 15 is 0 Å². The Balaban J connectivity index is 1.37. The fourth-order valence-corrected chi connectivity index (χ4v) is 4.07. The van der Waals surface area contributed by atoms with E-state index in [4.69, 9.17) is 16.3 Å². The molecule has 2 N–H and O–H groups in total. The Morgan fingerprint density at radius 1 is 1.00 bits per heavy atom. The van der Waals surface area contributed by atoms with Gasteiger partial charge in [0.2, 0.25) is 5.91 Å². The molecule has 9 heteroatoms. The smallest absolute Gasteiger partial charge is 0.322 e. The zero-order valence-corrected chi connectivity index (χ0v) is 18.5. The molecule has 0 saturated carbocycles. The van der Waals surface area contributed by atoms with E-state index in [2.05, 4.69) is 10.6 Å². The lowest BCUT2D eigenvalue weighted by Crippen LogP contribution is -2.46. The first-order valence-electron chi connectivity index (χ1n) is 10.6. The van der Waals surface area contributed by atoms with Gasteiger partial charge in [-0.05, 0) is 68.3 Å². The molecule has 8 nitrogen and oxygen atoms in total. The maximum Gasteiger partial charge on any atom is 0.322 e. The number of carbonyl (C=O) groups excluding carboxylic acids is 3. The lowest BCUT2D eigenvalue weighted by molar-refractivity contribution is -0.132. The van der Waals surface area contributed by atoms with E-state index in [0.717, 1.165) is 12.1 Å². The van der Waals surface area contributed by atoms with E-state index in [1.54, 1.807) is 65.3 Å². The van der Waals surface area contributed by atoms with Gasteiger partial charge >= 0.3 is 6.03 Å². The fraction of sp³-hybridized carbons (Fsp3) is 0.348. The Morgan fingerprint density at radius 3 is 2.38 bits per heavy atom. The molecule has 0 spiro atoms. The molecular formula is C23H25ClN4O4. The van der Waals surface area contributed by atoms with Crippen molar-refractivity contribution in [2.75, 3.05) is 35.2 Å². The number of hydrogen-bond donors (Lipinski definition) is 2. The summed E-state index contributed by atoms with van der Waals surface area (Å²) in [5, 5.41) is 6.28. The SMILES string of the molecule is C[C@H]1OCCN(c2ccc(NC(=O)[C@H]3CCCN3C(=O)Nc3ccc(Cl)cc3)cc2)C1=O. The van der Waals surface area contributed by atoms with Gasteiger partial charge in [-0.3, -0.25) is 9.59 Å². The number of carbonyl (C=O) groups is 3. The van der Waals surface area contributed by atoms with Crippen molar-refractivity contribution in [3.8, 4) is 0 Å². The summed E-state index contributed by atoms with van der Waals surface area (Å²) in [5.41, 5.74) is 1.98. The zero-order valence-electron chi connectivity index (χ0n) is 17.7. The van der Waals surface area contributed by atoms with Crippen LogP contribution in [-0.2, 0) is 14.3 Å². The molecule has 0 aliphatic carbocycles. The number of urea groups is 1. The monoisotopic (exact) mass is 456 g/mol. The first kappa shape index (κ1) is 22.1. The van der Waals surface area contributed by atoms with Gasteiger partial charge < -0.3 is 25.2 Å². The molecule has 2 fully saturated rings. The van der Waals surface area contributed by atoms with Crippen molar-refractivity contribution in [2.45, 2.75) is 31.9 Å². The van der Waals surface area contributed by atoms with Crippen LogP contribution >= 0.6 is 11.6 Å². The van der Waals surface area contributed by atoms with E-state index in [1.165, 1.54) is 0 Å². The molecule has 2 saturated heterocycles. The van der Waals surface area contributed by atoms with Gasteiger partial charge in [0.15, 0.2) is 0 Å². The van der Waals surface area contributed by atoms with Crippen LogP contribution in [0.5, 0.6) is 0 Å². The summed E-state index contributed by atoms with van der Waals surface area (Å²) < 4.78 is 5.36. The molecule has 168 valence electrons. The van der Waals surface area contributed by atoms with Crippen molar-refractivity contribution in [3.05, 3.63) is 53.6 Å². The van der Waals surface area contributed by atoms with Crippen LogP contribution in [0.15, 0.2) is 48.5 Å². The molecule has 2 atom stereocenters. The van der Waals surface area contributed by atoms with Crippen LogP contribution in [0.3, 0.4) is 0 Å². The highest BCUT2D eigenvalue weighted by atomic mass is 35.5. The minimum atomic E-state index is -0.552. The van der Waals surface area contributed by atoms with Crippen LogP contribution < -0.4 is 15.5 Å². The molecule has 2 aromatic rings. The maximum atomic E-state index is 12.9. The van der Waals surface area contributed by atoms with E-state index in [0.29, 0.717) is 42.5 Å². The van der Waals surface area contributed by atoms with Gasteiger partial charge in [-0.2, -0.15) is 0 Å². The summed E-state index contributed by atoms with van der Waals surface area (Å²) in [4.78, 5) is 41.1. The number of amides is 4. The van der Waals surface area contributed by atoms with Crippen molar-refractivity contribution >= 4 is 46.5 Å². The number of nitrogens with zero attached hydrogens (tertiary/aromatic N) is 2. The molecule has 0 unspecified atom stereocenters. The Labute approximate surface area is 191 Å². The molecular weight excluding hydrogens is 432 g/mol. The summed E-state index contributed by atoms with van der Waals surface area (Å²) in [7, 11) is 0. The second-order valence-corrected chi connectivity index (χ2v) is 8.26. The second-order valence-electron chi connectivity index (χ2n) is 7.83. The van der Waals surface area contributed by atoms with Crippen molar-refractivity contribution in [1.29, 1.82) is 0 Å². The van der Waals surface area contributed by atoms with Crippen molar-refractivity contribution in [2.24, 2.45) is 0 Å². The molecule has 2 heterocycles. The number of anilines is 3. The third-order valence-corrected chi connectivity index (χ3v) is 5.91. The third kappa shape index (κ3) is 4.87. The normalized spacial score (nSPS) is 20.9. The molecule has 4 amide bonds. The predicted molar refractivity (Wildman–Crippen MR) is 123 cm³/mol. The average molecular weight is 457 g/mol. The van der Waals surface area contributed by atoms with Crippen molar-refractivity contribution in [1.82, 2.24) is 4.90 Å². The van der Waals surface area contributed by atoms with E-state index in [9.17, 15) is 14.4 Å². The van der Waals surface area contributed by atoms with Crippen LogP contribution in [-0.4, -0.2) is 54.6 Å². The Bertz CT molecular complexity index is 996. The number of rotatable bonds is 4. The van der Waals surface area contributed by atoms with Crippen LogP contribution in [0.2, 0.25) is 5.02 Å². The number of ether oxygens (including phenoxy) is 1. The Hall–Kier alpha value is -3.10. The van der Waals surface area contributed by atoms with Gasteiger partial charge in [0, 0.05) is 35.2 Å². The van der Waals surface area contributed by atoms with Crippen molar-refractivity contribution in [3.63, 3.8) is 0 Å². The molecule has 32 heavy (non-hydrogen) atoms. The van der Waals surface area contributed by atoms with Crippen molar-refractivity contribution < 1.29 is 19.1 Å². The van der Waals surface area contributed by atoms with E-state index in [1.807, 2.05) is 0 Å². The van der Waals surface area contributed by atoms with Crippen LogP contribution in [0.1, 0.15) is 19.8 Å². The van der Waals surface area contributed by atoms with Gasteiger partial charge in [0.05, 0.1) is 6.61 Å². The molecule has 0 bridgehead atoms. The summed E-state index contributed by atoms with van der Waals surface area (Å²) in [6.07, 6.45) is 0.885. The minimum absolute atomic E-state index is 0.0821. The molecule has 4 rings (SSSR count). The number of hydrogen-bond acceptors (Lipinski definition) is 4. The second kappa shape index (κ2) is 9.58. The third-order valence-electron chi connectivity index (χ3n) is 5.65. The highest BCUT2D eigenvalue weighted by Crippen LogP contribution is 2.24. The first-order chi connectivity index (χ1) is 15.4. The minimum Gasteiger partial charge on any atom is -0.367 e. The molecule has 2 aliphatic heterocycles. The Morgan fingerprint density at radius 2 is 1.66 bits per heavy atom. The number of benzene rings is 2. The van der Waals surface area contributed by atoms with Gasteiger partial charge in [0.25, 0.3) is 5.91 Å². The Kier molecular flexibility index (Phi) is 6.62. The van der Waals surface area contributed by atoms with Gasteiger partial charge in [-0.1, -0.05) is 11.6 Å². The topological polar surface area (TPSA) is 91.0 Å². The quantitative estimate of drug-likeness (QED) is 0.733. The van der Waals surface area contributed by atoms with E-state index in [-0.39, 0.29) is 17.8 Å². The number of morpholine rings is 1. The van der Waals surface area contributed by atoms with Crippen LogP contribution in [0, 0.1) is 0 Å². The lowest BCUT2D eigenvalue weighted by atomic mass is 10.2. The maximum absolute atomic E-state index is 12.9. The van der Waals surface area contributed by atoms with Gasteiger partial charge in [-0.15, -0.1) is 0 Å². The number of halogens is 1. The number of likely N-dealkylation sites (tertiary alicyclic amines) is 1. The average Bonchev–Trinajstić information content (AvgIpc) is 3.28. The summed E-state index contributed by atoms with van der Waals surface area (Å²) >= 11 is 5.88. The first-order valence-corrected chi connectivity index (χ1v) is 11.0. The molecule has 2 aliphatic rings. The number of nitrogens with one attached hydrogen (secondary N) is 2. The summed E-state index contributed by atoms with van der Waals surface area (Å²) in [5.74, 6) is -0.320. The molecule has 0 radical (unpaired) electrons. The van der Waals surface area contributed by atoms with Gasteiger partial charge in [0.1, 0.15) is 12.1 Å². The lowest BCUT2D eigenvalue weighted by Gasteiger charge is -2.31. The summed E-state index contributed by atoms with van der Waals surface area (Å²) in [6.45, 7) is 3.23. The molecule has 0 aromatic heterocycles. The largest absolute Gasteiger partial charge is 0.367 e. The summed E-state index contributed by atoms with van der Waals surface area (Å²) in [6, 6.07) is 13.1. The predicted octanol–water partition coefficient (Wildman–Crippen LogP) is 3.73. The van der Waals surface area contributed by atoms with E-state index < -0.39 is 12.1 Å². The zero-order chi connectivity index (χ0) is 22.7. The van der Waals surface area contributed by atoms with Gasteiger partial charge in [-0.25, -0.2) is 4.79 Å². The van der Waals surface area contributed by atoms with Crippen LogP contribution in [0.25, 0.3) is 0 Å². The van der Waals surface area contributed by atoms with Crippen LogP contribution in [0.4, 0.5) is 21.9 Å². The highest BCUT2D eigenvalue weighted by molar-refractivity contribution is 6.30. The molecule has 2 aromatic carbocycles. The standard InChI is InChI=1S/C23H25ClN4O4/c1-15-22(30)27(13-14-32-15)19-10-8-17(9-11-19)25-21(29)20-3-2-12-28(20)23(31)26-18-6-4-16(24)5-7-18/h4-11,15,20H,2-3,12-14H2,1H3,(H,25,29)(H,26,31)/t15-,20-/m1/s1.